The van der Waals surface area contributed by atoms with Gasteiger partial charge >= 0.3 is 0 Å². The summed E-state index contributed by atoms with van der Waals surface area (Å²) >= 11 is 0. The molecule has 1 aliphatic heterocycles. The third kappa shape index (κ3) is 4.98. The number of nitrogens with zero attached hydrogens (tertiary/aromatic N) is 2. The average molecular weight is 449 g/mol. The van der Waals surface area contributed by atoms with Gasteiger partial charge in [-0.25, -0.2) is 4.39 Å². The van der Waals surface area contributed by atoms with Crippen molar-refractivity contribution in [2.24, 2.45) is 5.73 Å². The Labute approximate surface area is 193 Å². The minimum absolute atomic E-state index is 0.118. The summed E-state index contributed by atoms with van der Waals surface area (Å²) in [5.74, 6) is -0.162. The van der Waals surface area contributed by atoms with E-state index in [-0.39, 0.29) is 11.9 Å². The molecular weight excluding hydrogens is 419 g/mol. The van der Waals surface area contributed by atoms with Crippen molar-refractivity contribution in [2.45, 2.75) is 32.7 Å². The topological polar surface area (TPSA) is 80.5 Å². The van der Waals surface area contributed by atoms with Crippen LogP contribution in [0.2, 0.25) is 0 Å². The van der Waals surface area contributed by atoms with Gasteiger partial charge < -0.3 is 20.7 Å². The molecule has 0 saturated carbocycles. The summed E-state index contributed by atoms with van der Waals surface area (Å²) in [6.07, 6.45) is 4.74. The van der Waals surface area contributed by atoms with E-state index in [9.17, 15) is 9.18 Å². The van der Waals surface area contributed by atoms with Gasteiger partial charge in [0, 0.05) is 48.3 Å². The van der Waals surface area contributed by atoms with Crippen LogP contribution in [0.3, 0.4) is 0 Å². The molecule has 0 unspecified atom stereocenters. The fourth-order valence-electron chi connectivity index (χ4n) is 4.36. The first-order chi connectivity index (χ1) is 15.9. The summed E-state index contributed by atoms with van der Waals surface area (Å²) in [5, 5.41) is 3.00. The highest BCUT2D eigenvalue weighted by molar-refractivity contribution is 6.10. The number of amides is 1. The van der Waals surface area contributed by atoms with Crippen LogP contribution in [0.15, 0.2) is 48.8 Å². The maximum absolute atomic E-state index is 14.9. The van der Waals surface area contributed by atoms with Crippen molar-refractivity contribution < 1.29 is 13.9 Å². The van der Waals surface area contributed by atoms with E-state index in [0.29, 0.717) is 46.9 Å². The van der Waals surface area contributed by atoms with E-state index in [1.165, 1.54) is 13.2 Å². The molecule has 4 rings (SSSR count). The molecule has 7 heteroatoms. The Kier molecular flexibility index (Phi) is 6.60. The summed E-state index contributed by atoms with van der Waals surface area (Å²) in [7, 11) is 1.54. The van der Waals surface area contributed by atoms with Crippen molar-refractivity contribution in [3.8, 4) is 16.9 Å². The molecular formula is C26H29FN4O2. The highest BCUT2D eigenvalue weighted by atomic mass is 19.1. The van der Waals surface area contributed by atoms with Crippen LogP contribution in [0.4, 0.5) is 15.8 Å². The predicted molar refractivity (Wildman–Crippen MR) is 129 cm³/mol. The molecule has 0 aliphatic carbocycles. The SMILES string of the molecule is COc1ccc(F)c(-c2cncc(C(=O)Nc3cc(C)cc(C)c3)c2N2CCC(N)CC2)c1. The molecule has 2 aromatic carbocycles. The molecule has 0 atom stereocenters. The number of carbonyl (C=O) groups is 1. The number of rotatable bonds is 5. The summed E-state index contributed by atoms with van der Waals surface area (Å²) in [6, 6.07) is 10.6. The number of carbonyl (C=O) groups excluding carboxylic acids is 1. The van der Waals surface area contributed by atoms with Gasteiger partial charge in [0.1, 0.15) is 11.6 Å². The zero-order chi connectivity index (χ0) is 23.5. The van der Waals surface area contributed by atoms with Gasteiger partial charge in [-0.05, 0) is 68.1 Å². The molecule has 0 radical (unpaired) electrons. The first-order valence-corrected chi connectivity index (χ1v) is 11.1. The highest BCUT2D eigenvalue weighted by Crippen LogP contribution is 2.38. The molecule has 1 aromatic heterocycles. The van der Waals surface area contributed by atoms with Crippen LogP contribution in [0.25, 0.3) is 11.1 Å². The van der Waals surface area contributed by atoms with Gasteiger partial charge in [0.15, 0.2) is 0 Å². The lowest BCUT2D eigenvalue weighted by molar-refractivity contribution is 0.102. The summed E-state index contributed by atoms with van der Waals surface area (Å²) in [6.45, 7) is 5.32. The molecule has 172 valence electrons. The number of ether oxygens (including phenoxy) is 1. The van der Waals surface area contributed by atoms with E-state index in [0.717, 1.165) is 24.0 Å². The first-order valence-electron chi connectivity index (χ1n) is 11.1. The number of hydrogen-bond donors (Lipinski definition) is 2. The van der Waals surface area contributed by atoms with Gasteiger partial charge in [-0.3, -0.25) is 9.78 Å². The normalized spacial score (nSPS) is 14.3. The van der Waals surface area contributed by atoms with Crippen molar-refractivity contribution in [3.63, 3.8) is 0 Å². The number of aryl methyl sites for hydroxylation is 2. The molecule has 2 heterocycles. The highest BCUT2D eigenvalue weighted by Gasteiger charge is 2.26. The van der Waals surface area contributed by atoms with Gasteiger partial charge in [-0.2, -0.15) is 0 Å². The van der Waals surface area contributed by atoms with E-state index in [1.54, 1.807) is 24.5 Å². The van der Waals surface area contributed by atoms with Crippen LogP contribution in [0.5, 0.6) is 5.75 Å². The van der Waals surface area contributed by atoms with E-state index >= 15 is 0 Å². The molecule has 3 N–H and O–H groups in total. The van der Waals surface area contributed by atoms with Gasteiger partial charge in [0.25, 0.3) is 5.91 Å². The summed E-state index contributed by atoms with van der Waals surface area (Å²) in [4.78, 5) is 19.8. The van der Waals surface area contributed by atoms with Gasteiger partial charge in [0.05, 0.1) is 18.4 Å². The average Bonchev–Trinajstić information content (AvgIpc) is 2.79. The molecule has 33 heavy (non-hydrogen) atoms. The number of anilines is 2. The zero-order valence-corrected chi connectivity index (χ0v) is 19.2. The number of nitrogens with one attached hydrogen (secondary N) is 1. The molecule has 1 saturated heterocycles. The van der Waals surface area contributed by atoms with Crippen molar-refractivity contribution >= 4 is 17.3 Å². The number of hydrogen-bond acceptors (Lipinski definition) is 5. The number of nitrogens with two attached hydrogens (primary N) is 1. The Balaban J connectivity index is 1.81. The van der Waals surface area contributed by atoms with Crippen LogP contribution in [0, 0.1) is 19.7 Å². The lowest BCUT2D eigenvalue weighted by Gasteiger charge is -2.34. The molecule has 1 aliphatic rings. The third-order valence-corrected chi connectivity index (χ3v) is 5.96. The van der Waals surface area contributed by atoms with Crippen molar-refractivity contribution in [3.05, 3.63) is 71.3 Å². The number of piperidine rings is 1. The maximum Gasteiger partial charge on any atom is 0.259 e. The van der Waals surface area contributed by atoms with E-state index < -0.39 is 5.82 Å². The molecule has 0 bridgehead atoms. The fraction of sp³-hybridized carbons (Fsp3) is 0.308. The summed E-state index contributed by atoms with van der Waals surface area (Å²) < 4.78 is 20.3. The maximum atomic E-state index is 14.9. The van der Waals surface area contributed by atoms with Crippen LogP contribution in [0.1, 0.15) is 34.3 Å². The second-order valence-electron chi connectivity index (χ2n) is 8.58. The first kappa shape index (κ1) is 22.7. The molecule has 6 nitrogen and oxygen atoms in total. The van der Waals surface area contributed by atoms with E-state index in [2.05, 4.69) is 15.2 Å². The number of pyridine rings is 1. The van der Waals surface area contributed by atoms with Crippen LogP contribution in [-0.2, 0) is 0 Å². The van der Waals surface area contributed by atoms with Crippen LogP contribution >= 0.6 is 0 Å². The Morgan fingerprint density at radius 2 is 1.79 bits per heavy atom. The number of halogens is 1. The minimum atomic E-state index is -0.403. The van der Waals surface area contributed by atoms with Crippen molar-refractivity contribution in [1.82, 2.24) is 4.98 Å². The fourth-order valence-corrected chi connectivity index (χ4v) is 4.36. The molecule has 0 spiro atoms. The second kappa shape index (κ2) is 9.58. The monoisotopic (exact) mass is 448 g/mol. The van der Waals surface area contributed by atoms with Gasteiger partial charge in [-0.15, -0.1) is 0 Å². The number of methoxy groups -OCH3 is 1. The Morgan fingerprint density at radius 3 is 2.45 bits per heavy atom. The molecule has 1 fully saturated rings. The number of benzene rings is 2. The Hall–Kier alpha value is -3.45. The lowest BCUT2D eigenvalue weighted by Crippen LogP contribution is -2.40. The predicted octanol–water partition coefficient (Wildman–Crippen LogP) is 4.69. The molecule has 3 aromatic rings. The smallest absolute Gasteiger partial charge is 0.259 e. The largest absolute Gasteiger partial charge is 0.497 e. The number of aromatic nitrogens is 1. The Bertz CT molecular complexity index is 1150. The minimum Gasteiger partial charge on any atom is -0.497 e. The zero-order valence-electron chi connectivity index (χ0n) is 19.2. The van der Waals surface area contributed by atoms with Crippen LogP contribution in [-0.4, -0.2) is 37.1 Å². The third-order valence-electron chi connectivity index (χ3n) is 5.96. The standard InChI is InChI=1S/C26H29FN4O2/c1-16-10-17(2)12-19(11-16)30-26(32)23-15-29-14-22(21-13-20(33-3)4-5-24(21)27)25(23)31-8-6-18(28)7-9-31/h4-5,10-15,18H,6-9,28H2,1-3H3,(H,30,32). The van der Waals surface area contributed by atoms with Gasteiger partial charge in [0.2, 0.25) is 0 Å². The van der Waals surface area contributed by atoms with Crippen LogP contribution < -0.4 is 20.7 Å². The van der Waals surface area contributed by atoms with E-state index in [1.807, 2.05) is 32.0 Å². The van der Waals surface area contributed by atoms with Gasteiger partial charge in [-0.1, -0.05) is 6.07 Å². The second-order valence-corrected chi connectivity index (χ2v) is 8.58. The summed E-state index contributed by atoms with van der Waals surface area (Å²) in [5.41, 5.74) is 10.9. The van der Waals surface area contributed by atoms with Crippen molar-refractivity contribution in [1.29, 1.82) is 0 Å². The van der Waals surface area contributed by atoms with E-state index in [4.69, 9.17) is 10.5 Å². The Morgan fingerprint density at radius 1 is 1.09 bits per heavy atom. The molecule has 1 amide bonds. The van der Waals surface area contributed by atoms with Crippen molar-refractivity contribution in [2.75, 3.05) is 30.4 Å². The lowest BCUT2D eigenvalue weighted by atomic mass is 9.97. The quantitative estimate of drug-likeness (QED) is 0.592.